The third-order valence-corrected chi connectivity index (χ3v) is 3.62. The van der Waals surface area contributed by atoms with Crippen molar-refractivity contribution in [1.29, 1.82) is 0 Å². The van der Waals surface area contributed by atoms with Crippen LogP contribution < -0.4 is 5.32 Å². The molecule has 0 bridgehead atoms. The van der Waals surface area contributed by atoms with Gasteiger partial charge in [-0.2, -0.15) is 0 Å². The van der Waals surface area contributed by atoms with E-state index in [9.17, 15) is 4.79 Å². The lowest BCUT2D eigenvalue weighted by Gasteiger charge is -2.27. The van der Waals surface area contributed by atoms with Gasteiger partial charge < -0.3 is 10.4 Å². The van der Waals surface area contributed by atoms with Gasteiger partial charge in [-0.3, -0.25) is 9.78 Å². The largest absolute Gasteiger partial charge is 0.481 e. The summed E-state index contributed by atoms with van der Waals surface area (Å²) in [5.41, 5.74) is 1.87. The number of hydrogen-bond acceptors (Lipinski definition) is 4. The smallest absolute Gasteiger partial charge is 0.306 e. The summed E-state index contributed by atoms with van der Waals surface area (Å²) in [5, 5.41) is 12.3. The lowest BCUT2D eigenvalue weighted by atomic mass is 9.86. The predicted octanol–water partition coefficient (Wildman–Crippen LogP) is 2.15. The number of carboxylic acid groups (broad SMARTS) is 1. The van der Waals surface area contributed by atoms with Gasteiger partial charge in [-0.15, -0.1) is 0 Å². The highest BCUT2D eigenvalue weighted by Gasteiger charge is 2.25. The molecule has 98 valence electrons. The van der Waals surface area contributed by atoms with Crippen LogP contribution >= 0.6 is 0 Å². The lowest BCUT2D eigenvalue weighted by molar-refractivity contribution is -0.142. The minimum Gasteiger partial charge on any atom is -0.481 e. The van der Waals surface area contributed by atoms with Gasteiger partial charge >= 0.3 is 5.97 Å². The topological polar surface area (TPSA) is 75.1 Å². The predicted molar refractivity (Wildman–Crippen MR) is 68.5 cm³/mol. The van der Waals surface area contributed by atoms with Crippen LogP contribution in [0.25, 0.3) is 0 Å². The fourth-order valence-corrected chi connectivity index (χ4v) is 2.31. The molecule has 5 heteroatoms. The molecule has 1 fully saturated rings. The van der Waals surface area contributed by atoms with Gasteiger partial charge in [0.05, 0.1) is 23.5 Å². The second-order valence-electron chi connectivity index (χ2n) is 4.96. The van der Waals surface area contributed by atoms with Gasteiger partial charge in [-0.1, -0.05) is 0 Å². The number of carboxylic acids is 1. The van der Waals surface area contributed by atoms with E-state index >= 15 is 0 Å². The van der Waals surface area contributed by atoms with Crippen molar-refractivity contribution in [3.8, 4) is 0 Å². The Hall–Kier alpha value is -1.65. The molecule has 0 atom stereocenters. The van der Waals surface area contributed by atoms with E-state index in [1.54, 1.807) is 6.20 Å². The molecule has 1 saturated carbocycles. The van der Waals surface area contributed by atoms with Gasteiger partial charge in [0.1, 0.15) is 5.82 Å². The van der Waals surface area contributed by atoms with Crippen molar-refractivity contribution in [2.45, 2.75) is 45.6 Å². The zero-order valence-electron chi connectivity index (χ0n) is 10.8. The Balaban J connectivity index is 1.91. The average molecular weight is 249 g/mol. The number of aryl methyl sites for hydroxylation is 2. The van der Waals surface area contributed by atoms with Crippen LogP contribution in [0.1, 0.15) is 37.1 Å². The first kappa shape index (κ1) is 12.8. The first-order chi connectivity index (χ1) is 8.56. The summed E-state index contributed by atoms with van der Waals surface area (Å²) in [6.45, 7) is 3.87. The van der Waals surface area contributed by atoms with Crippen molar-refractivity contribution in [1.82, 2.24) is 9.97 Å². The van der Waals surface area contributed by atoms with E-state index in [1.165, 1.54) is 0 Å². The van der Waals surface area contributed by atoms with Gasteiger partial charge in [0.2, 0.25) is 0 Å². The maximum absolute atomic E-state index is 10.9. The van der Waals surface area contributed by atoms with Gasteiger partial charge in [-0.25, -0.2) is 4.98 Å². The van der Waals surface area contributed by atoms with E-state index in [1.807, 2.05) is 13.8 Å². The molecule has 1 aromatic heterocycles. The minimum atomic E-state index is -0.667. The third-order valence-electron chi connectivity index (χ3n) is 3.62. The lowest BCUT2D eigenvalue weighted by Crippen LogP contribution is -2.29. The summed E-state index contributed by atoms with van der Waals surface area (Å²) in [6.07, 6.45) is 4.99. The van der Waals surface area contributed by atoms with Crippen LogP contribution in [0.4, 0.5) is 5.82 Å². The summed E-state index contributed by atoms with van der Waals surface area (Å²) in [5.74, 6) is -0.0508. The normalized spacial score (nSPS) is 23.7. The van der Waals surface area contributed by atoms with E-state index in [2.05, 4.69) is 15.3 Å². The van der Waals surface area contributed by atoms with E-state index in [-0.39, 0.29) is 5.92 Å². The molecule has 0 aromatic carbocycles. The Bertz CT molecular complexity index is 440. The molecule has 18 heavy (non-hydrogen) atoms. The molecular formula is C13H19N3O2. The Morgan fingerprint density at radius 3 is 2.50 bits per heavy atom. The molecule has 1 aromatic rings. The van der Waals surface area contributed by atoms with Crippen LogP contribution in [-0.4, -0.2) is 27.1 Å². The number of aromatic nitrogens is 2. The monoisotopic (exact) mass is 249 g/mol. The molecule has 1 heterocycles. The van der Waals surface area contributed by atoms with Crippen LogP contribution in [0.3, 0.4) is 0 Å². The van der Waals surface area contributed by atoms with Crippen LogP contribution in [0.2, 0.25) is 0 Å². The van der Waals surface area contributed by atoms with Gasteiger partial charge in [0.25, 0.3) is 0 Å². The number of anilines is 1. The van der Waals surface area contributed by atoms with Crippen LogP contribution in [0.15, 0.2) is 6.20 Å². The Morgan fingerprint density at radius 2 is 1.94 bits per heavy atom. The summed E-state index contributed by atoms with van der Waals surface area (Å²) < 4.78 is 0. The quantitative estimate of drug-likeness (QED) is 0.858. The zero-order valence-corrected chi connectivity index (χ0v) is 10.8. The Kier molecular flexibility index (Phi) is 3.79. The summed E-state index contributed by atoms with van der Waals surface area (Å²) in [7, 11) is 0. The van der Waals surface area contributed by atoms with Crippen molar-refractivity contribution >= 4 is 11.8 Å². The standard InChI is InChI=1S/C13H19N3O2/c1-8-9(2)15-12(7-14-8)16-11-5-3-10(4-6-11)13(17)18/h7,10-11H,3-6H2,1-2H3,(H,15,16)(H,17,18). The number of carbonyl (C=O) groups is 1. The first-order valence-corrected chi connectivity index (χ1v) is 6.36. The fourth-order valence-electron chi connectivity index (χ4n) is 2.31. The van der Waals surface area contributed by atoms with Crippen molar-refractivity contribution in [2.75, 3.05) is 5.32 Å². The maximum atomic E-state index is 10.9. The minimum absolute atomic E-state index is 0.172. The molecule has 0 radical (unpaired) electrons. The molecular weight excluding hydrogens is 230 g/mol. The summed E-state index contributed by atoms with van der Waals surface area (Å²) in [6, 6.07) is 0.317. The van der Waals surface area contributed by atoms with Crippen molar-refractivity contribution in [3.05, 3.63) is 17.6 Å². The van der Waals surface area contributed by atoms with Crippen LogP contribution in [0.5, 0.6) is 0 Å². The van der Waals surface area contributed by atoms with Crippen molar-refractivity contribution in [2.24, 2.45) is 5.92 Å². The molecule has 0 spiro atoms. The second kappa shape index (κ2) is 5.33. The summed E-state index contributed by atoms with van der Waals surface area (Å²) in [4.78, 5) is 19.6. The SMILES string of the molecule is Cc1ncc(NC2CCC(C(=O)O)CC2)nc1C. The first-order valence-electron chi connectivity index (χ1n) is 6.36. The zero-order chi connectivity index (χ0) is 13.1. The second-order valence-corrected chi connectivity index (χ2v) is 4.96. The van der Waals surface area contributed by atoms with Gasteiger partial charge in [-0.05, 0) is 39.5 Å². The van der Waals surface area contributed by atoms with Crippen molar-refractivity contribution < 1.29 is 9.90 Å². The molecule has 0 aliphatic heterocycles. The molecule has 5 nitrogen and oxygen atoms in total. The average Bonchev–Trinajstić information content (AvgIpc) is 2.34. The number of rotatable bonds is 3. The Labute approximate surface area is 107 Å². The molecule has 0 unspecified atom stereocenters. The fraction of sp³-hybridized carbons (Fsp3) is 0.615. The number of nitrogens with one attached hydrogen (secondary N) is 1. The van der Waals surface area contributed by atoms with E-state index < -0.39 is 5.97 Å². The maximum Gasteiger partial charge on any atom is 0.306 e. The molecule has 2 rings (SSSR count). The van der Waals surface area contributed by atoms with E-state index in [4.69, 9.17) is 5.11 Å². The highest BCUT2D eigenvalue weighted by molar-refractivity contribution is 5.70. The van der Waals surface area contributed by atoms with E-state index in [0.29, 0.717) is 6.04 Å². The Morgan fingerprint density at radius 1 is 1.28 bits per heavy atom. The van der Waals surface area contributed by atoms with Crippen molar-refractivity contribution in [3.63, 3.8) is 0 Å². The number of nitrogens with zero attached hydrogens (tertiary/aromatic N) is 2. The summed E-state index contributed by atoms with van der Waals surface area (Å²) >= 11 is 0. The highest BCUT2D eigenvalue weighted by atomic mass is 16.4. The van der Waals surface area contributed by atoms with E-state index in [0.717, 1.165) is 42.9 Å². The van der Waals surface area contributed by atoms with Crippen LogP contribution in [0, 0.1) is 19.8 Å². The molecule has 0 saturated heterocycles. The number of aliphatic carboxylic acids is 1. The van der Waals surface area contributed by atoms with Gasteiger partial charge in [0, 0.05) is 6.04 Å². The van der Waals surface area contributed by atoms with Gasteiger partial charge in [0.15, 0.2) is 0 Å². The molecule has 2 N–H and O–H groups in total. The molecule has 0 amide bonds. The van der Waals surface area contributed by atoms with Crippen LogP contribution in [-0.2, 0) is 4.79 Å². The highest BCUT2D eigenvalue weighted by Crippen LogP contribution is 2.26. The number of hydrogen-bond donors (Lipinski definition) is 2. The molecule has 1 aliphatic rings. The third kappa shape index (κ3) is 2.97. The molecule has 1 aliphatic carbocycles.